The number of rotatable bonds is 7. The van der Waals surface area contributed by atoms with Crippen LogP contribution in [-0.2, 0) is 24.9 Å². The highest BCUT2D eigenvalue weighted by Crippen LogP contribution is 2.36. The maximum absolute atomic E-state index is 13.2. The van der Waals surface area contributed by atoms with Crippen LogP contribution in [-0.4, -0.2) is 20.9 Å². The molecule has 0 fully saturated rings. The summed E-state index contributed by atoms with van der Waals surface area (Å²) in [6.07, 6.45) is 2.25. The topological polar surface area (TPSA) is 64.4 Å². The van der Waals surface area contributed by atoms with Gasteiger partial charge in [0.2, 0.25) is 0 Å². The van der Waals surface area contributed by atoms with Crippen molar-refractivity contribution in [1.29, 1.82) is 0 Å². The summed E-state index contributed by atoms with van der Waals surface area (Å²) in [7, 11) is 1.90. The zero-order chi connectivity index (χ0) is 22.8. The third-order valence-corrected chi connectivity index (χ3v) is 5.75. The molecule has 0 aliphatic heterocycles. The van der Waals surface area contributed by atoms with Gasteiger partial charge in [0.05, 0.1) is 17.6 Å². The fraction of sp³-hybridized carbons (Fsp3) is 0.231. The molecule has 0 spiro atoms. The SMILES string of the molecule is Cc1cc(OCc2ccc(F)cc2)c(-c2ccc3c(cnn3C)c2)cc1CC(C)C(=O)O. The maximum atomic E-state index is 13.2. The van der Waals surface area contributed by atoms with Crippen molar-refractivity contribution in [3.8, 4) is 16.9 Å². The van der Waals surface area contributed by atoms with Crippen molar-refractivity contribution >= 4 is 16.9 Å². The van der Waals surface area contributed by atoms with E-state index >= 15 is 0 Å². The zero-order valence-electron chi connectivity index (χ0n) is 18.3. The summed E-state index contributed by atoms with van der Waals surface area (Å²) in [4.78, 5) is 11.4. The van der Waals surface area contributed by atoms with Crippen LogP contribution in [0, 0.1) is 18.7 Å². The van der Waals surface area contributed by atoms with Crippen molar-refractivity contribution in [2.24, 2.45) is 13.0 Å². The average molecular weight is 432 g/mol. The second-order valence-corrected chi connectivity index (χ2v) is 8.18. The predicted molar refractivity (Wildman–Crippen MR) is 122 cm³/mol. The van der Waals surface area contributed by atoms with E-state index in [0.29, 0.717) is 18.8 Å². The lowest BCUT2D eigenvalue weighted by Gasteiger charge is -2.17. The molecule has 1 aromatic heterocycles. The summed E-state index contributed by atoms with van der Waals surface area (Å²) in [5.74, 6) is -0.901. The summed E-state index contributed by atoms with van der Waals surface area (Å²) in [6, 6.07) is 16.3. The van der Waals surface area contributed by atoms with E-state index in [1.54, 1.807) is 19.1 Å². The Bertz CT molecular complexity index is 1280. The van der Waals surface area contributed by atoms with Crippen molar-refractivity contribution in [1.82, 2.24) is 9.78 Å². The molecule has 4 rings (SSSR count). The minimum atomic E-state index is -0.820. The Labute approximate surface area is 186 Å². The molecule has 1 heterocycles. The Hall–Kier alpha value is -3.67. The van der Waals surface area contributed by atoms with Crippen molar-refractivity contribution < 1.29 is 19.0 Å². The highest BCUT2D eigenvalue weighted by Gasteiger charge is 2.17. The summed E-state index contributed by atoms with van der Waals surface area (Å²) >= 11 is 0. The maximum Gasteiger partial charge on any atom is 0.306 e. The van der Waals surface area contributed by atoms with Crippen LogP contribution in [0.15, 0.2) is 60.8 Å². The van der Waals surface area contributed by atoms with Crippen molar-refractivity contribution in [3.05, 3.63) is 83.3 Å². The molecule has 0 radical (unpaired) electrons. The quantitative estimate of drug-likeness (QED) is 0.417. The number of hydrogen-bond acceptors (Lipinski definition) is 3. The monoisotopic (exact) mass is 432 g/mol. The Balaban J connectivity index is 1.75. The number of aryl methyl sites for hydroxylation is 2. The molecule has 5 nitrogen and oxygen atoms in total. The van der Waals surface area contributed by atoms with Crippen LogP contribution in [0.1, 0.15) is 23.6 Å². The van der Waals surface area contributed by atoms with Gasteiger partial charge in [0, 0.05) is 18.0 Å². The number of benzene rings is 3. The molecule has 0 aliphatic carbocycles. The van der Waals surface area contributed by atoms with Gasteiger partial charge in [-0.25, -0.2) is 4.39 Å². The Morgan fingerprint density at radius 3 is 2.62 bits per heavy atom. The summed E-state index contributed by atoms with van der Waals surface area (Å²) in [5, 5.41) is 14.7. The Morgan fingerprint density at radius 2 is 1.91 bits per heavy atom. The van der Waals surface area contributed by atoms with Gasteiger partial charge in [-0.2, -0.15) is 5.10 Å². The molecule has 0 aliphatic rings. The third kappa shape index (κ3) is 4.49. The third-order valence-electron chi connectivity index (χ3n) is 5.75. The van der Waals surface area contributed by atoms with E-state index in [9.17, 15) is 14.3 Å². The molecule has 1 N–H and O–H groups in total. The zero-order valence-corrected chi connectivity index (χ0v) is 18.3. The first-order valence-electron chi connectivity index (χ1n) is 10.5. The molecular weight excluding hydrogens is 407 g/mol. The number of ether oxygens (including phenoxy) is 1. The minimum absolute atomic E-state index is 0.285. The van der Waals surface area contributed by atoms with E-state index < -0.39 is 11.9 Å². The van der Waals surface area contributed by atoms with Gasteiger partial charge in [-0.3, -0.25) is 9.48 Å². The number of carbonyl (C=O) groups is 1. The lowest BCUT2D eigenvalue weighted by Crippen LogP contribution is -2.13. The molecule has 164 valence electrons. The number of carboxylic acids is 1. The van der Waals surface area contributed by atoms with Gasteiger partial charge in [0.1, 0.15) is 18.2 Å². The molecule has 0 saturated carbocycles. The highest BCUT2D eigenvalue weighted by molar-refractivity contribution is 5.86. The standard InChI is InChI=1S/C26H25FN2O3/c1-16-11-25(32-15-18-4-7-22(27)8-5-18)23(13-20(16)10-17(2)26(30)31)19-6-9-24-21(12-19)14-28-29(24)3/h4-9,11-14,17H,10,15H2,1-3H3,(H,30,31). The summed E-state index contributed by atoms with van der Waals surface area (Å²) < 4.78 is 21.2. The smallest absolute Gasteiger partial charge is 0.306 e. The fourth-order valence-electron chi connectivity index (χ4n) is 3.78. The summed E-state index contributed by atoms with van der Waals surface area (Å²) in [5.41, 5.74) is 5.67. The van der Waals surface area contributed by atoms with Crippen LogP contribution >= 0.6 is 0 Å². The van der Waals surface area contributed by atoms with Gasteiger partial charge in [-0.1, -0.05) is 25.1 Å². The van der Waals surface area contributed by atoms with E-state index in [1.165, 1.54) is 12.1 Å². The van der Waals surface area contributed by atoms with Gasteiger partial charge in [0.25, 0.3) is 0 Å². The van der Waals surface area contributed by atoms with E-state index in [4.69, 9.17) is 4.74 Å². The molecule has 1 unspecified atom stereocenters. The van der Waals surface area contributed by atoms with Gasteiger partial charge >= 0.3 is 5.97 Å². The molecule has 6 heteroatoms. The van der Waals surface area contributed by atoms with Gasteiger partial charge < -0.3 is 9.84 Å². The number of nitrogens with zero attached hydrogens (tertiary/aromatic N) is 2. The second kappa shape index (κ2) is 8.83. The molecule has 0 bridgehead atoms. The first-order chi connectivity index (χ1) is 15.3. The second-order valence-electron chi connectivity index (χ2n) is 8.18. The molecule has 1 atom stereocenters. The van der Waals surface area contributed by atoms with Crippen LogP contribution in [0.2, 0.25) is 0 Å². The molecule has 32 heavy (non-hydrogen) atoms. The van der Waals surface area contributed by atoms with E-state index in [0.717, 1.165) is 38.7 Å². The molecule has 4 aromatic rings. The fourth-order valence-corrected chi connectivity index (χ4v) is 3.78. The number of carboxylic acid groups (broad SMARTS) is 1. The van der Waals surface area contributed by atoms with E-state index in [-0.39, 0.29) is 5.82 Å². The number of fused-ring (bicyclic) bond motifs is 1. The van der Waals surface area contributed by atoms with Crippen LogP contribution < -0.4 is 4.74 Å². The molecule has 3 aromatic carbocycles. The minimum Gasteiger partial charge on any atom is -0.488 e. The first kappa shape index (κ1) is 21.6. The van der Waals surface area contributed by atoms with Gasteiger partial charge in [-0.15, -0.1) is 0 Å². The number of aliphatic carboxylic acids is 1. The van der Waals surface area contributed by atoms with Crippen LogP contribution in [0.4, 0.5) is 4.39 Å². The van der Waals surface area contributed by atoms with E-state index in [1.807, 2.05) is 49.1 Å². The lowest BCUT2D eigenvalue weighted by molar-refractivity contribution is -0.141. The normalized spacial score (nSPS) is 12.1. The van der Waals surface area contributed by atoms with Crippen molar-refractivity contribution in [2.75, 3.05) is 0 Å². The number of hydrogen-bond donors (Lipinski definition) is 1. The first-order valence-corrected chi connectivity index (χ1v) is 10.5. The number of halogens is 1. The van der Waals surface area contributed by atoms with E-state index in [2.05, 4.69) is 11.2 Å². The van der Waals surface area contributed by atoms with Crippen molar-refractivity contribution in [2.45, 2.75) is 26.9 Å². The van der Waals surface area contributed by atoms with Gasteiger partial charge in [0.15, 0.2) is 0 Å². The Kier molecular flexibility index (Phi) is 5.95. The highest BCUT2D eigenvalue weighted by atomic mass is 19.1. The lowest BCUT2D eigenvalue weighted by atomic mass is 9.92. The van der Waals surface area contributed by atoms with Gasteiger partial charge in [-0.05, 0) is 72.0 Å². The largest absolute Gasteiger partial charge is 0.488 e. The van der Waals surface area contributed by atoms with Crippen LogP contribution in [0.25, 0.3) is 22.0 Å². The predicted octanol–water partition coefficient (Wildman–Crippen LogP) is 5.53. The molecule has 0 saturated heterocycles. The van der Waals surface area contributed by atoms with Crippen molar-refractivity contribution in [3.63, 3.8) is 0 Å². The number of aromatic nitrogens is 2. The van der Waals surface area contributed by atoms with Crippen LogP contribution in [0.5, 0.6) is 5.75 Å². The Morgan fingerprint density at radius 1 is 1.16 bits per heavy atom. The molecule has 0 amide bonds. The summed E-state index contributed by atoms with van der Waals surface area (Å²) in [6.45, 7) is 3.97. The molecular formula is C26H25FN2O3. The average Bonchev–Trinajstić information content (AvgIpc) is 3.14. The van der Waals surface area contributed by atoms with Crippen LogP contribution in [0.3, 0.4) is 0 Å².